The van der Waals surface area contributed by atoms with Crippen molar-refractivity contribution in [2.45, 2.75) is 26.3 Å². The summed E-state index contributed by atoms with van der Waals surface area (Å²) in [7, 11) is 1.58. The van der Waals surface area contributed by atoms with E-state index >= 15 is 0 Å². The summed E-state index contributed by atoms with van der Waals surface area (Å²) in [5.41, 5.74) is 3.17. The van der Waals surface area contributed by atoms with Gasteiger partial charge in [-0.1, -0.05) is 12.1 Å². The fourth-order valence-electron chi connectivity index (χ4n) is 4.47. The van der Waals surface area contributed by atoms with Crippen molar-refractivity contribution < 1.29 is 24.2 Å². The second-order valence-electron chi connectivity index (χ2n) is 8.22. The van der Waals surface area contributed by atoms with Gasteiger partial charge in [-0.2, -0.15) is 0 Å². The van der Waals surface area contributed by atoms with E-state index in [0.29, 0.717) is 48.9 Å². The van der Waals surface area contributed by atoms with Crippen LogP contribution in [0.15, 0.2) is 60.9 Å². The first-order valence-electron chi connectivity index (χ1n) is 11.6. The Kier molecular flexibility index (Phi) is 7.19. The van der Waals surface area contributed by atoms with Crippen LogP contribution in [0, 0.1) is 0 Å². The molecule has 2 heterocycles. The first-order chi connectivity index (χ1) is 17.0. The normalized spacial score (nSPS) is 14.7. The maximum absolute atomic E-state index is 12.7. The molecule has 1 unspecified atom stereocenters. The Labute approximate surface area is 204 Å². The number of carbonyl (C=O) groups is 2. The zero-order valence-electron chi connectivity index (χ0n) is 20.1. The smallest absolute Gasteiger partial charge is 0.408 e. The second kappa shape index (κ2) is 10.5. The molecule has 1 aliphatic rings. The van der Waals surface area contributed by atoms with Gasteiger partial charge >= 0.3 is 6.09 Å². The van der Waals surface area contributed by atoms with Gasteiger partial charge in [-0.3, -0.25) is 14.7 Å². The molecule has 0 aliphatic carbocycles. The SMILES string of the molecule is CCN(CC)C(=O)c1ccc(C2c3cc(Oc4cccnc4)c(OC)cc3CCN2C(=O)O)cc1. The Morgan fingerprint density at radius 1 is 1.11 bits per heavy atom. The van der Waals surface area contributed by atoms with Crippen molar-refractivity contribution in [3.63, 3.8) is 0 Å². The predicted molar refractivity (Wildman–Crippen MR) is 131 cm³/mol. The molecular formula is C27H29N3O5. The van der Waals surface area contributed by atoms with E-state index in [0.717, 1.165) is 16.7 Å². The standard InChI is InChI=1S/C27H29N3O5/c1-4-29(5-2)26(31)19-10-8-18(9-11-19)25-22-16-24(35-21-7-6-13-28-17-21)23(34-3)15-20(22)12-14-30(25)27(32)33/h6-11,13,15-17,25H,4-5,12,14H2,1-3H3,(H,32,33). The van der Waals surface area contributed by atoms with Crippen molar-refractivity contribution in [2.24, 2.45) is 0 Å². The van der Waals surface area contributed by atoms with Gasteiger partial charge in [0.2, 0.25) is 0 Å². The molecule has 0 radical (unpaired) electrons. The molecule has 1 atom stereocenters. The van der Waals surface area contributed by atoms with Gasteiger partial charge in [0.1, 0.15) is 5.75 Å². The molecule has 0 spiro atoms. The predicted octanol–water partition coefficient (Wildman–Crippen LogP) is 4.99. The van der Waals surface area contributed by atoms with Crippen LogP contribution in [0.25, 0.3) is 0 Å². The summed E-state index contributed by atoms with van der Waals surface area (Å²) in [6.07, 6.45) is 2.81. The summed E-state index contributed by atoms with van der Waals surface area (Å²) >= 11 is 0. The van der Waals surface area contributed by atoms with E-state index in [9.17, 15) is 14.7 Å². The number of ether oxygens (including phenoxy) is 2. The van der Waals surface area contributed by atoms with Gasteiger partial charge in [-0.05, 0) is 73.4 Å². The lowest BCUT2D eigenvalue weighted by Crippen LogP contribution is -2.39. The summed E-state index contributed by atoms with van der Waals surface area (Å²) in [4.78, 5) is 32.2. The molecule has 2 aromatic carbocycles. The molecule has 8 nitrogen and oxygen atoms in total. The van der Waals surface area contributed by atoms with Crippen LogP contribution in [-0.2, 0) is 6.42 Å². The van der Waals surface area contributed by atoms with E-state index < -0.39 is 12.1 Å². The third kappa shape index (κ3) is 4.91. The molecule has 3 aromatic rings. The number of aromatic nitrogens is 1. The van der Waals surface area contributed by atoms with Crippen LogP contribution in [0.5, 0.6) is 17.2 Å². The summed E-state index contributed by atoms with van der Waals surface area (Å²) in [6, 6.07) is 14.0. The second-order valence-corrected chi connectivity index (χ2v) is 8.22. The van der Waals surface area contributed by atoms with E-state index in [2.05, 4.69) is 4.98 Å². The topological polar surface area (TPSA) is 92.2 Å². The van der Waals surface area contributed by atoms with E-state index in [1.807, 2.05) is 38.1 Å². The summed E-state index contributed by atoms with van der Waals surface area (Å²) in [5, 5.41) is 9.98. The van der Waals surface area contributed by atoms with Crippen molar-refractivity contribution in [1.29, 1.82) is 0 Å². The molecule has 8 heteroatoms. The molecule has 0 saturated carbocycles. The highest BCUT2D eigenvalue weighted by Gasteiger charge is 2.33. The van der Waals surface area contributed by atoms with Crippen LogP contribution in [0.1, 0.15) is 46.9 Å². The van der Waals surface area contributed by atoms with Crippen molar-refractivity contribution in [3.8, 4) is 17.2 Å². The number of benzene rings is 2. The van der Waals surface area contributed by atoms with Gasteiger partial charge in [-0.25, -0.2) is 4.79 Å². The number of pyridine rings is 1. The van der Waals surface area contributed by atoms with Crippen LogP contribution in [-0.4, -0.2) is 58.6 Å². The van der Waals surface area contributed by atoms with E-state index in [-0.39, 0.29) is 5.91 Å². The Morgan fingerprint density at radius 2 is 1.86 bits per heavy atom. The number of nitrogens with zero attached hydrogens (tertiary/aromatic N) is 3. The molecule has 0 fully saturated rings. The van der Waals surface area contributed by atoms with Gasteiger partial charge in [0, 0.05) is 31.4 Å². The van der Waals surface area contributed by atoms with E-state index in [1.54, 1.807) is 48.7 Å². The lowest BCUT2D eigenvalue weighted by molar-refractivity contribution is 0.0772. The zero-order valence-corrected chi connectivity index (χ0v) is 20.1. The van der Waals surface area contributed by atoms with Gasteiger partial charge in [0.05, 0.1) is 19.3 Å². The molecule has 35 heavy (non-hydrogen) atoms. The van der Waals surface area contributed by atoms with Crippen LogP contribution in [0.3, 0.4) is 0 Å². The van der Waals surface area contributed by atoms with Gasteiger partial charge < -0.3 is 19.5 Å². The quantitative estimate of drug-likeness (QED) is 0.518. The first-order valence-corrected chi connectivity index (χ1v) is 11.6. The van der Waals surface area contributed by atoms with Crippen LogP contribution < -0.4 is 9.47 Å². The number of methoxy groups -OCH3 is 1. The number of amides is 2. The average Bonchev–Trinajstić information content (AvgIpc) is 2.89. The summed E-state index contributed by atoms with van der Waals surface area (Å²) in [6.45, 7) is 5.49. The van der Waals surface area contributed by atoms with Gasteiger partial charge in [-0.15, -0.1) is 0 Å². The lowest BCUT2D eigenvalue weighted by Gasteiger charge is -2.36. The van der Waals surface area contributed by atoms with Gasteiger partial charge in [0.25, 0.3) is 5.91 Å². The molecule has 0 saturated heterocycles. The van der Waals surface area contributed by atoms with Crippen LogP contribution >= 0.6 is 0 Å². The highest BCUT2D eigenvalue weighted by Crippen LogP contribution is 2.42. The van der Waals surface area contributed by atoms with Crippen molar-refractivity contribution in [3.05, 3.63) is 83.2 Å². The van der Waals surface area contributed by atoms with E-state index in [4.69, 9.17) is 9.47 Å². The fraction of sp³-hybridized carbons (Fsp3) is 0.296. The monoisotopic (exact) mass is 475 g/mol. The van der Waals surface area contributed by atoms with Crippen LogP contribution in [0.2, 0.25) is 0 Å². The minimum absolute atomic E-state index is 0.0439. The maximum Gasteiger partial charge on any atom is 0.408 e. The highest BCUT2D eigenvalue weighted by molar-refractivity contribution is 5.94. The molecule has 4 rings (SSSR count). The molecule has 182 valence electrons. The fourth-order valence-corrected chi connectivity index (χ4v) is 4.47. The maximum atomic E-state index is 12.7. The van der Waals surface area contributed by atoms with Crippen molar-refractivity contribution in [1.82, 2.24) is 14.8 Å². The number of rotatable bonds is 7. The molecule has 0 bridgehead atoms. The van der Waals surface area contributed by atoms with Gasteiger partial charge in [0.15, 0.2) is 11.5 Å². The summed E-state index contributed by atoms with van der Waals surface area (Å²) < 4.78 is 11.6. The molecular weight excluding hydrogens is 446 g/mol. The third-order valence-electron chi connectivity index (χ3n) is 6.29. The Bertz CT molecular complexity index is 1190. The largest absolute Gasteiger partial charge is 0.493 e. The zero-order chi connectivity index (χ0) is 24.9. The minimum atomic E-state index is -1.01. The number of hydrogen-bond acceptors (Lipinski definition) is 5. The number of hydrogen-bond donors (Lipinski definition) is 1. The lowest BCUT2D eigenvalue weighted by atomic mass is 9.87. The third-order valence-corrected chi connectivity index (χ3v) is 6.29. The Hall–Kier alpha value is -4.07. The molecule has 2 amide bonds. The van der Waals surface area contributed by atoms with Crippen molar-refractivity contribution >= 4 is 12.0 Å². The highest BCUT2D eigenvalue weighted by atomic mass is 16.5. The van der Waals surface area contributed by atoms with E-state index in [1.165, 1.54) is 4.90 Å². The summed E-state index contributed by atoms with van der Waals surface area (Å²) in [5.74, 6) is 1.55. The first kappa shape index (κ1) is 24.1. The minimum Gasteiger partial charge on any atom is -0.493 e. The Morgan fingerprint density at radius 3 is 2.46 bits per heavy atom. The molecule has 1 aliphatic heterocycles. The Balaban J connectivity index is 1.75. The van der Waals surface area contributed by atoms with Crippen LogP contribution in [0.4, 0.5) is 4.79 Å². The number of carboxylic acid groups (broad SMARTS) is 1. The molecule has 1 aromatic heterocycles. The number of carbonyl (C=O) groups excluding carboxylic acids is 1. The average molecular weight is 476 g/mol. The van der Waals surface area contributed by atoms with Crippen molar-refractivity contribution in [2.75, 3.05) is 26.7 Å². The number of fused-ring (bicyclic) bond motifs is 1. The molecule has 1 N–H and O–H groups in total.